The van der Waals surface area contributed by atoms with Gasteiger partial charge in [0.1, 0.15) is 5.75 Å². The maximum Gasteiger partial charge on any atom is 0.120 e. The van der Waals surface area contributed by atoms with Crippen molar-refractivity contribution in [2.45, 2.75) is 45.2 Å². The first-order valence-electron chi connectivity index (χ1n) is 6.52. The van der Waals surface area contributed by atoms with Crippen molar-refractivity contribution in [2.24, 2.45) is 0 Å². The van der Waals surface area contributed by atoms with Crippen molar-refractivity contribution in [3.05, 3.63) is 23.8 Å². The van der Waals surface area contributed by atoms with Gasteiger partial charge in [0.25, 0.3) is 0 Å². The number of rotatable bonds is 3. The van der Waals surface area contributed by atoms with E-state index in [1.165, 1.54) is 25.7 Å². The highest BCUT2D eigenvalue weighted by Crippen LogP contribution is 2.26. The highest BCUT2D eigenvalue weighted by molar-refractivity contribution is 5.47. The molecule has 1 unspecified atom stereocenters. The smallest absolute Gasteiger partial charge is 0.120 e. The second-order valence-electron chi connectivity index (χ2n) is 4.92. The molecular formula is C14H22N2O. The van der Waals surface area contributed by atoms with Crippen LogP contribution in [0.15, 0.2) is 18.2 Å². The number of hydrogen-bond acceptors (Lipinski definition) is 3. The molecule has 0 amide bonds. The van der Waals surface area contributed by atoms with E-state index >= 15 is 0 Å². The number of phenolic OH excluding ortho intramolecular Hbond substituents is 1. The van der Waals surface area contributed by atoms with Gasteiger partial charge in [-0.15, -0.1) is 0 Å². The van der Waals surface area contributed by atoms with Crippen LogP contribution in [0.4, 0.5) is 5.69 Å². The van der Waals surface area contributed by atoms with E-state index < -0.39 is 0 Å². The lowest BCUT2D eigenvalue weighted by Gasteiger charge is -2.35. The molecule has 3 nitrogen and oxygen atoms in total. The Kier molecular flexibility index (Phi) is 3.89. The van der Waals surface area contributed by atoms with Crippen molar-refractivity contribution in [3.63, 3.8) is 0 Å². The monoisotopic (exact) mass is 234 g/mol. The molecule has 1 fully saturated rings. The third kappa shape index (κ3) is 2.91. The van der Waals surface area contributed by atoms with Gasteiger partial charge in [0, 0.05) is 23.8 Å². The molecule has 1 aliphatic heterocycles. The van der Waals surface area contributed by atoms with E-state index in [0.717, 1.165) is 24.3 Å². The zero-order valence-electron chi connectivity index (χ0n) is 10.5. The minimum Gasteiger partial charge on any atom is -0.508 e. The Morgan fingerprint density at radius 2 is 2.24 bits per heavy atom. The number of nitrogen functional groups attached to an aromatic ring is 1. The van der Waals surface area contributed by atoms with Gasteiger partial charge in [-0.2, -0.15) is 0 Å². The Bertz CT molecular complexity index is 378. The van der Waals surface area contributed by atoms with E-state index in [-0.39, 0.29) is 0 Å². The van der Waals surface area contributed by atoms with Crippen LogP contribution in [-0.4, -0.2) is 22.6 Å². The van der Waals surface area contributed by atoms with E-state index in [1.807, 2.05) is 6.07 Å². The van der Waals surface area contributed by atoms with Crippen LogP contribution < -0.4 is 5.73 Å². The summed E-state index contributed by atoms with van der Waals surface area (Å²) in [4.78, 5) is 2.47. The van der Waals surface area contributed by atoms with Gasteiger partial charge in [0.05, 0.1) is 0 Å². The Hall–Kier alpha value is -1.22. The highest BCUT2D eigenvalue weighted by Gasteiger charge is 2.21. The standard InChI is InChI=1S/C14H22N2O/c1-2-13-5-3-4-8-16(13)10-11-9-12(15)6-7-14(11)17/h6-7,9,13,17H,2-5,8,10,15H2,1H3. The summed E-state index contributed by atoms with van der Waals surface area (Å²) < 4.78 is 0. The highest BCUT2D eigenvalue weighted by atomic mass is 16.3. The quantitative estimate of drug-likeness (QED) is 0.624. The summed E-state index contributed by atoms with van der Waals surface area (Å²) in [6.07, 6.45) is 5.06. The molecule has 0 saturated carbocycles. The lowest BCUT2D eigenvalue weighted by Crippen LogP contribution is -2.38. The minimum atomic E-state index is 0.361. The summed E-state index contributed by atoms with van der Waals surface area (Å²) in [5.41, 5.74) is 7.44. The summed E-state index contributed by atoms with van der Waals surface area (Å²) in [6.45, 7) is 4.18. The molecule has 0 radical (unpaired) electrons. The normalized spacial score (nSPS) is 21.6. The molecule has 0 spiro atoms. The molecule has 1 saturated heterocycles. The van der Waals surface area contributed by atoms with Crippen molar-refractivity contribution in [1.82, 2.24) is 4.90 Å². The first kappa shape index (κ1) is 12.2. The van der Waals surface area contributed by atoms with Gasteiger partial charge >= 0.3 is 0 Å². The van der Waals surface area contributed by atoms with Gasteiger partial charge in [0.15, 0.2) is 0 Å². The molecule has 1 aromatic rings. The molecule has 1 aromatic carbocycles. The third-order valence-corrected chi connectivity index (χ3v) is 3.70. The number of nitrogens with two attached hydrogens (primary N) is 1. The van der Waals surface area contributed by atoms with Crippen molar-refractivity contribution in [3.8, 4) is 5.75 Å². The van der Waals surface area contributed by atoms with Crippen LogP contribution in [0, 0.1) is 0 Å². The van der Waals surface area contributed by atoms with Crippen LogP contribution in [0.2, 0.25) is 0 Å². The molecule has 2 rings (SSSR count). The first-order chi connectivity index (χ1) is 8.20. The van der Waals surface area contributed by atoms with Gasteiger partial charge in [-0.25, -0.2) is 0 Å². The van der Waals surface area contributed by atoms with Gasteiger partial charge < -0.3 is 10.8 Å². The molecule has 1 heterocycles. The van der Waals surface area contributed by atoms with Crippen LogP contribution >= 0.6 is 0 Å². The van der Waals surface area contributed by atoms with Crippen LogP contribution in [0.5, 0.6) is 5.75 Å². The number of anilines is 1. The van der Waals surface area contributed by atoms with E-state index in [1.54, 1.807) is 12.1 Å². The Morgan fingerprint density at radius 1 is 1.41 bits per heavy atom. The summed E-state index contributed by atoms with van der Waals surface area (Å²) in [7, 11) is 0. The number of phenols is 1. The summed E-state index contributed by atoms with van der Waals surface area (Å²) in [6, 6.07) is 5.98. The topological polar surface area (TPSA) is 49.5 Å². The first-order valence-corrected chi connectivity index (χ1v) is 6.52. The van der Waals surface area contributed by atoms with E-state index in [2.05, 4.69) is 11.8 Å². The lowest BCUT2D eigenvalue weighted by molar-refractivity contribution is 0.135. The minimum absolute atomic E-state index is 0.361. The summed E-state index contributed by atoms with van der Waals surface area (Å²) >= 11 is 0. The maximum atomic E-state index is 9.84. The average molecular weight is 234 g/mol. The number of benzene rings is 1. The molecule has 17 heavy (non-hydrogen) atoms. The predicted octanol–water partition coefficient (Wildman–Crippen LogP) is 2.74. The Morgan fingerprint density at radius 3 is 3.00 bits per heavy atom. The van der Waals surface area contributed by atoms with Crippen LogP contribution in [0.3, 0.4) is 0 Å². The summed E-state index contributed by atoms with van der Waals surface area (Å²) in [5, 5.41) is 9.84. The second-order valence-corrected chi connectivity index (χ2v) is 4.92. The lowest BCUT2D eigenvalue weighted by atomic mass is 9.99. The molecule has 3 heteroatoms. The van der Waals surface area contributed by atoms with Gasteiger partial charge in [-0.3, -0.25) is 4.90 Å². The number of hydrogen-bond donors (Lipinski definition) is 2. The molecule has 0 aromatic heterocycles. The molecule has 3 N–H and O–H groups in total. The number of nitrogens with zero attached hydrogens (tertiary/aromatic N) is 1. The van der Waals surface area contributed by atoms with Crippen LogP contribution in [0.1, 0.15) is 38.2 Å². The van der Waals surface area contributed by atoms with Crippen molar-refractivity contribution in [2.75, 3.05) is 12.3 Å². The van der Waals surface area contributed by atoms with Crippen molar-refractivity contribution < 1.29 is 5.11 Å². The number of aromatic hydroxyl groups is 1. The van der Waals surface area contributed by atoms with Crippen LogP contribution in [-0.2, 0) is 6.54 Å². The maximum absolute atomic E-state index is 9.84. The Balaban J connectivity index is 2.10. The fourth-order valence-electron chi connectivity index (χ4n) is 2.68. The molecule has 0 bridgehead atoms. The zero-order chi connectivity index (χ0) is 12.3. The SMILES string of the molecule is CCC1CCCCN1Cc1cc(N)ccc1O. The van der Waals surface area contributed by atoms with Gasteiger partial charge in [0.2, 0.25) is 0 Å². The number of piperidine rings is 1. The number of likely N-dealkylation sites (tertiary alicyclic amines) is 1. The molecule has 1 atom stereocenters. The average Bonchev–Trinajstić information content (AvgIpc) is 2.34. The van der Waals surface area contributed by atoms with Crippen molar-refractivity contribution >= 4 is 5.69 Å². The van der Waals surface area contributed by atoms with Gasteiger partial charge in [-0.05, 0) is 44.0 Å². The fourth-order valence-corrected chi connectivity index (χ4v) is 2.68. The second kappa shape index (κ2) is 5.41. The fraction of sp³-hybridized carbons (Fsp3) is 0.571. The predicted molar refractivity (Wildman–Crippen MR) is 70.9 cm³/mol. The Labute approximate surface area is 103 Å². The van der Waals surface area contributed by atoms with Gasteiger partial charge in [-0.1, -0.05) is 13.3 Å². The van der Waals surface area contributed by atoms with Crippen molar-refractivity contribution in [1.29, 1.82) is 0 Å². The van der Waals surface area contributed by atoms with Crippen LogP contribution in [0.25, 0.3) is 0 Å². The molecule has 0 aliphatic carbocycles. The zero-order valence-corrected chi connectivity index (χ0v) is 10.5. The molecule has 1 aliphatic rings. The summed E-state index contributed by atoms with van der Waals surface area (Å²) in [5.74, 6) is 0.361. The molecular weight excluding hydrogens is 212 g/mol. The van der Waals surface area contributed by atoms with E-state index in [9.17, 15) is 5.11 Å². The molecule has 94 valence electrons. The third-order valence-electron chi connectivity index (χ3n) is 3.70. The largest absolute Gasteiger partial charge is 0.508 e. The van der Waals surface area contributed by atoms with E-state index in [4.69, 9.17) is 5.73 Å². The van der Waals surface area contributed by atoms with E-state index in [0.29, 0.717) is 11.8 Å².